The van der Waals surface area contributed by atoms with E-state index in [0.717, 1.165) is 31.6 Å². The van der Waals surface area contributed by atoms with Gasteiger partial charge < -0.3 is 11.1 Å². The fraction of sp³-hybridized carbons (Fsp3) is 0.0588. The van der Waals surface area contributed by atoms with Crippen LogP contribution >= 0.6 is 31.9 Å². The van der Waals surface area contributed by atoms with Gasteiger partial charge in [0, 0.05) is 20.3 Å². The second kappa shape index (κ2) is 5.70. The minimum Gasteiger partial charge on any atom is -0.398 e. The van der Waals surface area contributed by atoms with Crippen molar-refractivity contribution in [1.29, 1.82) is 0 Å². The lowest BCUT2D eigenvalue weighted by atomic mass is 10.1. The van der Waals surface area contributed by atoms with E-state index in [2.05, 4.69) is 73.6 Å². The summed E-state index contributed by atoms with van der Waals surface area (Å²) < 4.78 is 2.05. The van der Waals surface area contributed by atoms with E-state index in [1.54, 1.807) is 0 Å². The van der Waals surface area contributed by atoms with Gasteiger partial charge in [0.25, 0.3) is 0 Å². The molecule has 0 unspecified atom stereocenters. The number of nitrogen functional groups attached to an aromatic ring is 1. The Morgan fingerprint density at radius 2 is 1.62 bits per heavy atom. The molecule has 0 aromatic heterocycles. The zero-order valence-electron chi connectivity index (χ0n) is 11.5. The molecule has 21 heavy (non-hydrogen) atoms. The molecule has 0 atom stereocenters. The number of anilines is 3. The van der Waals surface area contributed by atoms with Crippen LogP contribution in [0.25, 0.3) is 10.8 Å². The normalized spacial score (nSPS) is 10.8. The monoisotopic (exact) mass is 404 g/mol. The zero-order chi connectivity index (χ0) is 15.0. The van der Waals surface area contributed by atoms with Gasteiger partial charge in [0.1, 0.15) is 0 Å². The summed E-state index contributed by atoms with van der Waals surface area (Å²) in [5, 5.41) is 5.84. The van der Waals surface area contributed by atoms with Crippen molar-refractivity contribution in [1.82, 2.24) is 0 Å². The number of hydrogen-bond donors (Lipinski definition) is 2. The summed E-state index contributed by atoms with van der Waals surface area (Å²) in [6, 6.07) is 16.6. The van der Waals surface area contributed by atoms with Crippen LogP contribution in [0.1, 0.15) is 5.56 Å². The van der Waals surface area contributed by atoms with Gasteiger partial charge in [-0.3, -0.25) is 0 Å². The Balaban J connectivity index is 1.98. The largest absolute Gasteiger partial charge is 0.398 e. The van der Waals surface area contributed by atoms with Crippen molar-refractivity contribution in [2.24, 2.45) is 0 Å². The molecule has 3 N–H and O–H groups in total. The molecule has 3 aromatic rings. The molecule has 4 heteroatoms. The highest BCUT2D eigenvalue weighted by Gasteiger charge is 2.05. The van der Waals surface area contributed by atoms with Crippen LogP contribution in [-0.2, 0) is 0 Å². The SMILES string of the molecule is Cc1cc(Nc2ccc3cc(Br)ccc3c2)c(Br)cc1N. The van der Waals surface area contributed by atoms with Crippen LogP contribution in [0.5, 0.6) is 0 Å². The third kappa shape index (κ3) is 3.06. The molecule has 0 saturated heterocycles. The molecule has 0 bridgehead atoms. The number of fused-ring (bicyclic) bond motifs is 1. The van der Waals surface area contributed by atoms with E-state index in [1.165, 1.54) is 10.8 Å². The average Bonchev–Trinajstić information content (AvgIpc) is 2.45. The fourth-order valence-corrected chi connectivity index (χ4v) is 3.08. The predicted octanol–water partition coefficient (Wildman–Crippen LogP) is 6.00. The Bertz CT molecular complexity index is 828. The fourth-order valence-electron chi connectivity index (χ4n) is 2.24. The molecule has 0 aliphatic heterocycles. The quantitative estimate of drug-likeness (QED) is 0.513. The Kier molecular flexibility index (Phi) is 3.91. The third-order valence-electron chi connectivity index (χ3n) is 3.44. The molecule has 0 saturated carbocycles. The van der Waals surface area contributed by atoms with E-state index in [9.17, 15) is 0 Å². The van der Waals surface area contributed by atoms with Gasteiger partial charge >= 0.3 is 0 Å². The number of aryl methyl sites for hydroxylation is 1. The molecule has 0 aliphatic rings. The molecule has 0 radical (unpaired) electrons. The van der Waals surface area contributed by atoms with Crippen LogP contribution in [0.4, 0.5) is 17.1 Å². The van der Waals surface area contributed by atoms with Crippen LogP contribution in [0.15, 0.2) is 57.5 Å². The minimum atomic E-state index is 0.788. The first-order valence-corrected chi connectivity index (χ1v) is 8.13. The number of halogens is 2. The van der Waals surface area contributed by atoms with Crippen LogP contribution in [-0.4, -0.2) is 0 Å². The van der Waals surface area contributed by atoms with Crippen molar-refractivity contribution in [2.45, 2.75) is 6.92 Å². The Morgan fingerprint density at radius 1 is 0.905 bits per heavy atom. The van der Waals surface area contributed by atoms with E-state index >= 15 is 0 Å². The summed E-state index contributed by atoms with van der Waals surface area (Å²) in [7, 11) is 0. The molecule has 0 fully saturated rings. The maximum atomic E-state index is 5.91. The Morgan fingerprint density at radius 3 is 2.43 bits per heavy atom. The summed E-state index contributed by atoms with van der Waals surface area (Å²) >= 11 is 7.04. The minimum absolute atomic E-state index is 0.788. The Labute approximate surface area is 140 Å². The van der Waals surface area contributed by atoms with E-state index in [4.69, 9.17) is 5.73 Å². The van der Waals surface area contributed by atoms with Gasteiger partial charge in [-0.15, -0.1) is 0 Å². The Hall–Kier alpha value is -1.52. The van der Waals surface area contributed by atoms with Gasteiger partial charge in [-0.1, -0.05) is 28.1 Å². The van der Waals surface area contributed by atoms with Crippen LogP contribution < -0.4 is 11.1 Å². The first-order chi connectivity index (χ1) is 10.0. The second-order valence-electron chi connectivity index (χ2n) is 5.02. The van der Waals surface area contributed by atoms with E-state index < -0.39 is 0 Å². The van der Waals surface area contributed by atoms with Crippen molar-refractivity contribution < 1.29 is 0 Å². The molecule has 106 valence electrons. The molecule has 0 aliphatic carbocycles. The van der Waals surface area contributed by atoms with E-state index in [-0.39, 0.29) is 0 Å². The maximum Gasteiger partial charge on any atom is 0.0532 e. The lowest BCUT2D eigenvalue weighted by molar-refractivity contribution is 1.43. The molecule has 2 nitrogen and oxygen atoms in total. The highest BCUT2D eigenvalue weighted by molar-refractivity contribution is 9.10. The maximum absolute atomic E-state index is 5.91. The van der Waals surface area contributed by atoms with Crippen molar-refractivity contribution in [3.05, 3.63) is 63.0 Å². The van der Waals surface area contributed by atoms with Crippen LogP contribution in [0.2, 0.25) is 0 Å². The van der Waals surface area contributed by atoms with Gasteiger partial charge in [0.15, 0.2) is 0 Å². The van der Waals surface area contributed by atoms with Crippen LogP contribution in [0, 0.1) is 6.92 Å². The average molecular weight is 406 g/mol. The van der Waals surface area contributed by atoms with Crippen molar-refractivity contribution in [3.8, 4) is 0 Å². The summed E-state index contributed by atoms with van der Waals surface area (Å²) in [4.78, 5) is 0. The van der Waals surface area contributed by atoms with Gasteiger partial charge in [-0.2, -0.15) is 0 Å². The highest BCUT2D eigenvalue weighted by Crippen LogP contribution is 2.31. The molecule has 0 spiro atoms. The lowest BCUT2D eigenvalue weighted by Crippen LogP contribution is -1.95. The molecule has 3 rings (SSSR count). The first-order valence-electron chi connectivity index (χ1n) is 6.55. The predicted molar refractivity (Wildman–Crippen MR) is 98.2 cm³/mol. The van der Waals surface area contributed by atoms with Gasteiger partial charge in [0.2, 0.25) is 0 Å². The summed E-state index contributed by atoms with van der Waals surface area (Å²) in [6.07, 6.45) is 0. The van der Waals surface area contributed by atoms with Gasteiger partial charge in [0.05, 0.1) is 5.69 Å². The van der Waals surface area contributed by atoms with Crippen molar-refractivity contribution >= 4 is 59.7 Å². The van der Waals surface area contributed by atoms with Gasteiger partial charge in [-0.25, -0.2) is 0 Å². The standard InChI is InChI=1S/C17H14Br2N2/c1-10-6-17(15(19)9-16(10)20)21-14-5-3-11-7-13(18)4-2-12(11)8-14/h2-9,21H,20H2,1H3. The second-order valence-corrected chi connectivity index (χ2v) is 6.79. The summed E-state index contributed by atoms with van der Waals surface area (Å²) in [5.74, 6) is 0. The number of rotatable bonds is 2. The molecular formula is C17H14Br2N2. The molecule has 0 heterocycles. The molecule has 0 amide bonds. The highest BCUT2D eigenvalue weighted by atomic mass is 79.9. The molecule has 3 aromatic carbocycles. The smallest absolute Gasteiger partial charge is 0.0532 e. The third-order valence-corrected chi connectivity index (χ3v) is 4.59. The number of hydrogen-bond acceptors (Lipinski definition) is 2. The van der Waals surface area contributed by atoms with Gasteiger partial charge in [-0.05, 0) is 75.6 Å². The van der Waals surface area contributed by atoms with E-state index in [0.29, 0.717) is 0 Å². The van der Waals surface area contributed by atoms with Crippen molar-refractivity contribution in [3.63, 3.8) is 0 Å². The van der Waals surface area contributed by atoms with Crippen LogP contribution in [0.3, 0.4) is 0 Å². The van der Waals surface area contributed by atoms with Crippen molar-refractivity contribution in [2.75, 3.05) is 11.1 Å². The summed E-state index contributed by atoms with van der Waals surface area (Å²) in [6.45, 7) is 2.00. The number of nitrogens with one attached hydrogen (secondary N) is 1. The van der Waals surface area contributed by atoms with E-state index in [1.807, 2.05) is 19.1 Å². The number of benzene rings is 3. The first kappa shape index (κ1) is 14.4. The molecular weight excluding hydrogens is 392 g/mol. The topological polar surface area (TPSA) is 38.0 Å². The summed E-state index contributed by atoms with van der Waals surface area (Å²) in [5.41, 5.74) is 9.82. The zero-order valence-corrected chi connectivity index (χ0v) is 14.6. The number of nitrogens with two attached hydrogens (primary N) is 1. The lowest BCUT2D eigenvalue weighted by Gasteiger charge is -2.12.